The molecule has 1 saturated heterocycles. The van der Waals surface area contributed by atoms with Crippen LogP contribution < -0.4 is 10.5 Å². The number of pyridine rings is 1. The highest BCUT2D eigenvalue weighted by Crippen LogP contribution is 2.22. The number of carbonyl (C=O) groups is 1. The number of rotatable bonds is 3. The van der Waals surface area contributed by atoms with Gasteiger partial charge in [-0.3, -0.25) is 9.78 Å². The highest BCUT2D eigenvalue weighted by Gasteiger charge is 2.22. The predicted octanol–water partition coefficient (Wildman–Crippen LogP) is 2.44. The van der Waals surface area contributed by atoms with E-state index in [1.807, 2.05) is 23.1 Å². The van der Waals surface area contributed by atoms with Gasteiger partial charge in [0, 0.05) is 37.1 Å². The molecule has 0 unspecified atom stereocenters. The number of benzene rings is 1. The smallest absolute Gasteiger partial charge is 0.254 e. The van der Waals surface area contributed by atoms with E-state index in [0.717, 1.165) is 19.4 Å². The number of hydrogen-bond acceptors (Lipinski definition) is 4. The number of piperidine rings is 1. The minimum Gasteiger partial charge on any atom is -0.457 e. The number of carbonyl (C=O) groups excluding carboxylic acids is 1. The fourth-order valence-electron chi connectivity index (χ4n) is 2.61. The van der Waals surface area contributed by atoms with Crippen LogP contribution in [0.25, 0.3) is 0 Å². The maximum atomic E-state index is 12.6. The Morgan fingerprint density at radius 3 is 2.82 bits per heavy atom. The van der Waals surface area contributed by atoms with Gasteiger partial charge in [0.1, 0.15) is 11.5 Å². The third kappa shape index (κ3) is 3.43. The lowest BCUT2D eigenvalue weighted by Crippen LogP contribution is -2.45. The molecule has 2 N–H and O–H groups in total. The van der Waals surface area contributed by atoms with Crippen LogP contribution in [-0.4, -0.2) is 34.9 Å². The molecule has 114 valence electrons. The Hall–Kier alpha value is -2.40. The average Bonchev–Trinajstić information content (AvgIpc) is 2.55. The molecule has 2 heterocycles. The van der Waals surface area contributed by atoms with Crippen molar-refractivity contribution in [3.63, 3.8) is 0 Å². The standard InChI is InChI=1S/C17H19N3O2/c18-14-4-2-10-20(12-14)17(21)13-3-1-5-16(11-13)22-15-6-8-19-9-7-15/h1,3,5-9,11,14H,2,4,10,12,18H2/t14-/m1/s1. The fourth-order valence-corrected chi connectivity index (χ4v) is 2.61. The van der Waals surface area contributed by atoms with Gasteiger partial charge in [-0.1, -0.05) is 6.07 Å². The molecule has 5 nitrogen and oxygen atoms in total. The number of hydrogen-bond donors (Lipinski definition) is 1. The van der Waals surface area contributed by atoms with Crippen molar-refractivity contribution < 1.29 is 9.53 Å². The second-order valence-electron chi connectivity index (χ2n) is 5.47. The van der Waals surface area contributed by atoms with Crippen LogP contribution in [0.5, 0.6) is 11.5 Å². The molecule has 2 aromatic rings. The first-order chi connectivity index (χ1) is 10.7. The SMILES string of the molecule is N[C@@H]1CCCN(C(=O)c2cccc(Oc3ccncc3)c2)C1. The quantitative estimate of drug-likeness (QED) is 0.944. The molecule has 1 fully saturated rings. The second kappa shape index (κ2) is 6.58. The van der Waals surface area contributed by atoms with Gasteiger partial charge in [-0.05, 0) is 43.2 Å². The summed E-state index contributed by atoms with van der Waals surface area (Å²) in [5.74, 6) is 1.34. The first-order valence-corrected chi connectivity index (χ1v) is 7.45. The van der Waals surface area contributed by atoms with E-state index in [-0.39, 0.29) is 11.9 Å². The third-order valence-corrected chi connectivity index (χ3v) is 3.71. The van der Waals surface area contributed by atoms with Crippen molar-refractivity contribution >= 4 is 5.91 Å². The Kier molecular flexibility index (Phi) is 4.34. The molecule has 3 rings (SSSR count). The molecular formula is C17H19N3O2. The zero-order valence-corrected chi connectivity index (χ0v) is 12.3. The summed E-state index contributed by atoms with van der Waals surface area (Å²) in [7, 11) is 0. The molecule has 1 aliphatic rings. The number of nitrogens with zero attached hydrogens (tertiary/aromatic N) is 2. The van der Waals surface area contributed by atoms with Crippen molar-refractivity contribution in [1.29, 1.82) is 0 Å². The maximum absolute atomic E-state index is 12.6. The lowest BCUT2D eigenvalue weighted by atomic mass is 10.1. The van der Waals surface area contributed by atoms with Crippen LogP contribution in [0.3, 0.4) is 0 Å². The van der Waals surface area contributed by atoms with Crippen LogP contribution in [0.2, 0.25) is 0 Å². The van der Waals surface area contributed by atoms with Crippen molar-refractivity contribution in [2.45, 2.75) is 18.9 Å². The Morgan fingerprint density at radius 1 is 1.23 bits per heavy atom. The zero-order valence-electron chi connectivity index (χ0n) is 12.3. The zero-order chi connectivity index (χ0) is 15.4. The van der Waals surface area contributed by atoms with E-state index in [4.69, 9.17) is 10.5 Å². The van der Waals surface area contributed by atoms with Crippen molar-refractivity contribution in [1.82, 2.24) is 9.88 Å². The van der Waals surface area contributed by atoms with E-state index in [2.05, 4.69) is 4.98 Å². The van der Waals surface area contributed by atoms with Gasteiger partial charge >= 0.3 is 0 Å². The Bertz CT molecular complexity index is 645. The molecule has 1 aliphatic heterocycles. The molecule has 1 atom stereocenters. The van der Waals surface area contributed by atoms with Crippen LogP contribution in [0.4, 0.5) is 0 Å². The lowest BCUT2D eigenvalue weighted by molar-refractivity contribution is 0.0708. The Labute approximate surface area is 129 Å². The van der Waals surface area contributed by atoms with Crippen molar-refractivity contribution in [2.24, 2.45) is 5.73 Å². The number of ether oxygens (including phenoxy) is 1. The molecule has 1 aromatic carbocycles. The lowest BCUT2D eigenvalue weighted by Gasteiger charge is -2.30. The van der Waals surface area contributed by atoms with E-state index in [1.165, 1.54) is 0 Å². The van der Waals surface area contributed by atoms with E-state index in [1.54, 1.807) is 30.6 Å². The van der Waals surface area contributed by atoms with Crippen LogP contribution in [0.15, 0.2) is 48.8 Å². The monoisotopic (exact) mass is 297 g/mol. The number of amides is 1. The van der Waals surface area contributed by atoms with Crippen molar-refractivity contribution in [3.8, 4) is 11.5 Å². The number of aromatic nitrogens is 1. The van der Waals surface area contributed by atoms with Crippen LogP contribution in [0.1, 0.15) is 23.2 Å². The van der Waals surface area contributed by atoms with Gasteiger partial charge in [0.15, 0.2) is 0 Å². The first-order valence-electron chi connectivity index (χ1n) is 7.45. The van der Waals surface area contributed by atoms with E-state index in [9.17, 15) is 4.79 Å². The molecule has 22 heavy (non-hydrogen) atoms. The van der Waals surface area contributed by atoms with Crippen LogP contribution >= 0.6 is 0 Å². The summed E-state index contributed by atoms with van der Waals surface area (Å²) in [5, 5.41) is 0. The molecule has 1 aromatic heterocycles. The summed E-state index contributed by atoms with van der Waals surface area (Å²) in [5.41, 5.74) is 6.57. The van der Waals surface area contributed by atoms with Gasteiger partial charge in [0.25, 0.3) is 5.91 Å². The first kappa shape index (κ1) is 14.5. The maximum Gasteiger partial charge on any atom is 0.254 e. The average molecular weight is 297 g/mol. The Balaban J connectivity index is 1.74. The van der Waals surface area contributed by atoms with E-state index >= 15 is 0 Å². The fraction of sp³-hybridized carbons (Fsp3) is 0.294. The summed E-state index contributed by atoms with van der Waals surface area (Å²) < 4.78 is 5.74. The van der Waals surface area contributed by atoms with Gasteiger partial charge in [0.05, 0.1) is 0 Å². The van der Waals surface area contributed by atoms with E-state index in [0.29, 0.717) is 23.6 Å². The molecule has 0 radical (unpaired) electrons. The highest BCUT2D eigenvalue weighted by atomic mass is 16.5. The number of nitrogens with two attached hydrogens (primary N) is 1. The van der Waals surface area contributed by atoms with Gasteiger partial charge in [-0.2, -0.15) is 0 Å². The van der Waals surface area contributed by atoms with Crippen LogP contribution in [-0.2, 0) is 0 Å². The molecule has 0 bridgehead atoms. The largest absolute Gasteiger partial charge is 0.457 e. The summed E-state index contributed by atoms with van der Waals surface area (Å²) >= 11 is 0. The molecule has 0 spiro atoms. The van der Waals surface area contributed by atoms with Crippen molar-refractivity contribution in [3.05, 3.63) is 54.4 Å². The summed E-state index contributed by atoms with van der Waals surface area (Å²) in [6.45, 7) is 1.39. The van der Waals surface area contributed by atoms with Gasteiger partial charge < -0.3 is 15.4 Å². The highest BCUT2D eigenvalue weighted by molar-refractivity contribution is 5.94. The second-order valence-corrected chi connectivity index (χ2v) is 5.47. The topological polar surface area (TPSA) is 68.5 Å². The molecule has 0 aliphatic carbocycles. The molecule has 1 amide bonds. The number of likely N-dealkylation sites (tertiary alicyclic amines) is 1. The minimum absolute atomic E-state index is 0.00956. The summed E-state index contributed by atoms with van der Waals surface area (Å²) in [4.78, 5) is 18.3. The third-order valence-electron chi connectivity index (χ3n) is 3.71. The molecule has 0 saturated carbocycles. The van der Waals surface area contributed by atoms with E-state index < -0.39 is 0 Å². The van der Waals surface area contributed by atoms with Crippen LogP contribution in [0, 0.1) is 0 Å². The summed E-state index contributed by atoms with van der Waals surface area (Å²) in [6, 6.07) is 10.9. The normalized spacial score (nSPS) is 18.0. The molecular weight excluding hydrogens is 278 g/mol. The molecule has 5 heteroatoms. The van der Waals surface area contributed by atoms with Gasteiger partial charge in [-0.15, -0.1) is 0 Å². The minimum atomic E-state index is 0.00956. The van der Waals surface area contributed by atoms with Gasteiger partial charge in [0.2, 0.25) is 0 Å². The summed E-state index contributed by atoms with van der Waals surface area (Å²) in [6.07, 6.45) is 5.27. The Morgan fingerprint density at radius 2 is 2.05 bits per heavy atom. The van der Waals surface area contributed by atoms with Gasteiger partial charge in [-0.25, -0.2) is 0 Å². The predicted molar refractivity (Wildman–Crippen MR) is 83.9 cm³/mol. The van der Waals surface area contributed by atoms with Crippen molar-refractivity contribution in [2.75, 3.05) is 13.1 Å².